The summed E-state index contributed by atoms with van der Waals surface area (Å²) in [6.07, 6.45) is -4.81. The lowest BCUT2D eigenvalue weighted by Gasteiger charge is -2.17. The van der Waals surface area contributed by atoms with Crippen LogP contribution in [0.15, 0.2) is 42.5 Å². The Kier molecular flexibility index (Phi) is 6.71. The molecule has 0 aliphatic carbocycles. The molecule has 2 aromatic rings. The van der Waals surface area contributed by atoms with Crippen molar-refractivity contribution in [2.24, 2.45) is 0 Å². The number of nitrogens with zero attached hydrogens (tertiary/aromatic N) is 1. The maximum absolute atomic E-state index is 12.2. The predicted molar refractivity (Wildman–Crippen MR) is 104 cm³/mol. The molecule has 1 heterocycles. The zero-order valence-electron chi connectivity index (χ0n) is 16.7. The molecule has 2 aromatic carbocycles. The van der Waals surface area contributed by atoms with E-state index >= 15 is 0 Å². The highest BCUT2D eigenvalue weighted by molar-refractivity contribution is 5.98. The minimum atomic E-state index is -4.81. The van der Waals surface area contributed by atoms with Gasteiger partial charge in [0.1, 0.15) is 5.75 Å². The minimum Gasteiger partial charge on any atom is -0.454 e. The van der Waals surface area contributed by atoms with Gasteiger partial charge in [0.25, 0.3) is 5.91 Å². The molecule has 0 radical (unpaired) electrons. The van der Waals surface area contributed by atoms with Gasteiger partial charge in [-0.15, -0.1) is 13.2 Å². The van der Waals surface area contributed by atoms with Crippen molar-refractivity contribution in [1.82, 2.24) is 10.2 Å². The zero-order valence-corrected chi connectivity index (χ0v) is 16.7. The van der Waals surface area contributed by atoms with Gasteiger partial charge in [-0.25, -0.2) is 0 Å². The summed E-state index contributed by atoms with van der Waals surface area (Å²) in [5.74, 6) is -1.09. The molecule has 170 valence electrons. The van der Waals surface area contributed by atoms with Crippen LogP contribution in [0, 0.1) is 0 Å². The molecule has 1 aliphatic rings. The van der Waals surface area contributed by atoms with E-state index in [0.717, 1.165) is 17.0 Å². The van der Waals surface area contributed by atoms with Gasteiger partial charge >= 0.3 is 6.36 Å². The highest BCUT2D eigenvalue weighted by atomic mass is 19.4. The van der Waals surface area contributed by atoms with Crippen LogP contribution in [0.4, 0.5) is 18.9 Å². The molecule has 0 saturated carbocycles. The Hall–Kier alpha value is -3.96. The summed E-state index contributed by atoms with van der Waals surface area (Å²) in [6.45, 7) is -0.614. The molecule has 0 atom stereocenters. The number of hydrogen-bond acceptors (Lipinski definition) is 6. The van der Waals surface area contributed by atoms with E-state index in [4.69, 9.17) is 9.47 Å². The van der Waals surface area contributed by atoms with Crippen LogP contribution in [0.2, 0.25) is 0 Å². The molecule has 1 aliphatic heterocycles. The molecule has 0 fully saturated rings. The summed E-state index contributed by atoms with van der Waals surface area (Å²) in [4.78, 5) is 37.6. The molecule has 3 amide bonds. The van der Waals surface area contributed by atoms with E-state index in [2.05, 4.69) is 15.4 Å². The Labute approximate surface area is 180 Å². The van der Waals surface area contributed by atoms with E-state index in [-0.39, 0.29) is 31.1 Å². The number of carbonyl (C=O) groups excluding carboxylic acids is 3. The van der Waals surface area contributed by atoms with Gasteiger partial charge < -0.3 is 29.7 Å². The van der Waals surface area contributed by atoms with E-state index in [1.54, 1.807) is 6.07 Å². The van der Waals surface area contributed by atoms with Crippen LogP contribution in [0.1, 0.15) is 10.4 Å². The van der Waals surface area contributed by atoms with E-state index in [1.807, 2.05) is 0 Å². The number of ether oxygens (including phenoxy) is 3. The molecular formula is C20H18F3N3O6. The van der Waals surface area contributed by atoms with Crippen LogP contribution in [0.5, 0.6) is 17.2 Å². The van der Waals surface area contributed by atoms with Crippen molar-refractivity contribution in [3.8, 4) is 17.2 Å². The van der Waals surface area contributed by atoms with E-state index in [9.17, 15) is 27.6 Å². The number of fused-ring (bicyclic) bond motifs is 1. The Morgan fingerprint density at radius 3 is 2.44 bits per heavy atom. The lowest BCUT2D eigenvalue weighted by atomic mass is 10.2. The fourth-order valence-corrected chi connectivity index (χ4v) is 2.67. The Morgan fingerprint density at radius 1 is 1.06 bits per heavy atom. The van der Waals surface area contributed by atoms with Gasteiger partial charge in [-0.1, -0.05) is 0 Å². The third-order valence-electron chi connectivity index (χ3n) is 4.21. The van der Waals surface area contributed by atoms with Crippen LogP contribution in [0.25, 0.3) is 0 Å². The summed E-state index contributed by atoms with van der Waals surface area (Å²) in [7, 11) is 1.37. The number of carbonyl (C=O) groups is 3. The normalized spacial score (nSPS) is 12.1. The number of benzene rings is 2. The smallest absolute Gasteiger partial charge is 0.454 e. The Bertz CT molecular complexity index is 1010. The molecule has 0 saturated heterocycles. The quantitative estimate of drug-likeness (QED) is 0.666. The minimum absolute atomic E-state index is 0.0667. The van der Waals surface area contributed by atoms with Gasteiger partial charge in [-0.05, 0) is 42.5 Å². The Morgan fingerprint density at radius 2 is 1.75 bits per heavy atom. The second-order valence-electron chi connectivity index (χ2n) is 6.62. The number of rotatable bonds is 7. The van der Waals surface area contributed by atoms with Crippen LogP contribution in [-0.4, -0.2) is 55.9 Å². The van der Waals surface area contributed by atoms with Gasteiger partial charge in [0.2, 0.25) is 18.6 Å². The van der Waals surface area contributed by atoms with Crippen molar-refractivity contribution in [3.63, 3.8) is 0 Å². The van der Waals surface area contributed by atoms with Gasteiger partial charge in [0.05, 0.1) is 13.1 Å². The van der Waals surface area contributed by atoms with Crippen molar-refractivity contribution < 1.29 is 41.8 Å². The summed E-state index contributed by atoms with van der Waals surface area (Å²) in [5, 5.41) is 4.90. The predicted octanol–water partition coefficient (Wildman–Crippen LogP) is 2.14. The highest BCUT2D eigenvalue weighted by Gasteiger charge is 2.31. The average molecular weight is 453 g/mol. The molecular weight excluding hydrogens is 435 g/mol. The zero-order chi connectivity index (χ0) is 23.3. The number of likely N-dealkylation sites (N-methyl/N-ethyl adjacent to an activating group) is 1. The molecule has 0 bridgehead atoms. The number of amides is 3. The summed E-state index contributed by atoms with van der Waals surface area (Å²) in [5.41, 5.74) is 0.502. The summed E-state index contributed by atoms with van der Waals surface area (Å²) in [6, 6.07) is 9.14. The second-order valence-corrected chi connectivity index (χ2v) is 6.62. The first-order valence-corrected chi connectivity index (χ1v) is 9.18. The van der Waals surface area contributed by atoms with Crippen molar-refractivity contribution in [2.75, 3.05) is 32.2 Å². The fraction of sp³-hybridized carbons (Fsp3) is 0.250. The first kappa shape index (κ1) is 22.7. The maximum atomic E-state index is 12.2. The second kappa shape index (κ2) is 9.45. The van der Waals surface area contributed by atoms with Crippen molar-refractivity contribution in [3.05, 3.63) is 48.0 Å². The molecule has 0 unspecified atom stereocenters. The first-order valence-electron chi connectivity index (χ1n) is 9.18. The maximum Gasteiger partial charge on any atom is 0.573 e. The number of alkyl halides is 3. The molecule has 12 heteroatoms. The lowest BCUT2D eigenvalue weighted by Crippen LogP contribution is -2.41. The number of anilines is 1. The fourth-order valence-electron chi connectivity index (χ4n) is 2.67. The Balaban J connectivity index is 1.44. The van der Waals surface area contributed by atoms with Gasteiger partial charge in [0.15, 0.2) is 11.5 Å². The molecule has 3 rings (SSSR count). The standard InChI is InChI=1S/C20H18F3N3O6/c1-26(10-17(27)25-13-3-5-14(6-4-13)32-20(21,22)23)18(28)9-24-19(29)12-2-7-15-16(8-12)31-11-30-15/h2-8H,9-11H2,1H3,(H,24,29)(H,25,27). The largest absolute Gasteiger partial charge is 0.573 e. The van der Waals surface area contributed by atoms with Crippen LogP contribution in [0.3, 0.4) is 0 Å². The third-order valence-corrected chi connectivity index (χ3v) is 4.21. The van der Waals surface area contributed by atoms with Gasteiger partial charge in [-0.2, -0.15) is 0 Å². The monoisotopic (exact) mass is 453 g/mol. The van der Waals surface area contributed by atoms with Crippen LogP contribution in [-0.2, 0) is 9.59 Å². The number of nitrogens with one attached hydrogen (secondary N) is 2. The first-order chi connectivity index (χ1) is 15.1. The molecule has 2 N–H and O–H groups in total. The van der Waals surface area contributed by atoms with E-state index in [1.165, 1.54) is 31.3 Å². The number of halogens is 3. The van der Waals surface area contributed by atoms with Gasteiger partial charge in [-0.3, -0.25) is 14.4 Å². The average Bonchev–Trinajstić information content (AvgIpc) is 3.19. The topological polar surface area (TPSA) is 106 Å². The summed E-state index contributed by atoms with van der Waals surface area (Å²) < 4.78 is 50.6. The van der Waals surface area contributed by atoms with Crippen molar-refractivity contribution >= 4 is 23.4 Å². The molecule has 0 aromatic heterocycles. The van der Waals surface area contributed by atoms with Crippen LogP contribution < -0.4 is 24.8 Å². The SMILES string of the molecule is CN(CC(=O)Nc1ccc(OC(F)(F)F)cc1)C(=O)CNC(=O)c1ccc2c(c1)OCO2. The third kappa shape index (κ3) is 6.27. The van der Waals surface area contributed by atoms with Crippen LogP contribution >= 0.6 is 0 Å². The molecule has 9 nitrogen and oxygen atoms in total. The van der Waals surface area contributed by atoms with E-state index in [0.29, 0.717) is 11.5 Å². The molecule has 0 spiro atoms. The molecule has 32 heavy (non-hydrogen) atoms. The highest BCUT2D eigenvalue weighted by Crippen LogP contribution is 2.32. The van der Waals surface area contributed by atoms with Gasteiger partial charge in [0, 0.05) is 18.3 Å². The van der Waals surface area contributed by atoms with Crippen molar-refractivity contribution in [1.29, 1.82) is 0 Å². The lowest BCUT2D eigenvalue weighted by molar-refractivity contribution is -0.274. The van der Waals surface area contributed by atoms with E-state index < -0.39 is 29.8 Å². The van der Waals surface area contributed by atoms with Crippen molar-refractivity contribution in [2.45, 2.75) is 6.36 Å². The summed E-state index contributed by atoms with van der Waals surface area (Å²) >= 11 is 0. The number of hydrogen-bond donors (Lipinski definition) is 2.